The van der Waals surface area contributed by atoms with Crippen molar-refractivity contribution in [3.8, 4) is 0 Å². The van der Waals surface area contributed by atoms with Crippen LogP contribution in [0.3, 0.4) is 0 Å². The van der Waals surface area contributed by atoms with Crippen LogP contribution in [0.15, 0.2) is 0 Å². The van der Waals surface area contributed by atoms with E-state index in [2.05, 4.69) is 6.92 Å². The second-order valence-electron chi connectivity index (χ2n) is 8.89. The number of hydrogen-bond donors (Lipinski definition) is 1. The van der Waals surface area contributed by atoms with Gasteiger partial charge >= 0.3 is 7.60 Å². The van der Waals surface area contributed by atoms with Crippen LogP contribution in [0.4, 0.5) is 0 Å². The third kappa shape index (κ3) is 18.5. The lowest BCUT2D eigenvalue weighted by atomic mass is 10.0. The van der Waals surface area contributed by atoms with Gasteiger partial charge in [0.05, 0.1) is 13.2 Å². The predicted octanol–water partition coefficient (Wildman–Crippen LogP) is 7.47. The molecule has 0 amide bonds. The Morgan fingerprint density at radius 2 is 1.16 bits per heavy atom. The number of ether oxygens (including phenoxy) is 2. The van der Waals surface area contributed by atoms with Crippen molar-refractivity contribution in [2.75, 3.05) is 34.0 Å². The van der Waals surface area contributed by atoms with Crippen LogP contribution < -0.4 is 0 Å². The molecule has 0 rings (SSSR count). The first kappa shape index (κ1) is 32.0. The van der Waals surface area contributed by atoms with Gasteiger partial charge in [-0.25, -0.2) is 0 Å². The zero-order valence-electron chi connectivity index (χ0n) is 21.5. The number of hydrogen-bond acceptors (Lipinski definition) is 6. The Kier molecular flexibility index (Phi) is 22.8. The molecular formula is C25H53O6P. The van der Waals surface area contributed by atoms with Crippen LogP contribution in [0.2, 0.25) is 0 Å². The minimum absolute atomic E-state index is 0.0610. The van der Waals surface area contributed by atoms with Gasteiger partial charge in [0.15, 0.2) is 5.85 Å². The van der Waals surface area contributed by atoms with Gasteiger partial charge in [-0.15, -0.1) is 0 Å². The summed E-state index contributed by atoms with van der Waals surface area (Å²) in [5, 5.41) is 9.51. The third-order valence-corrected chi connectivity index (χ3v) is 7.87. The Labute approximate surface area is 198 Å². The van der Waals surface area contributed by atoms with E-state index in [0.717, 1.165) is 6.42 Å². The minimum Gasteiger partial charge on any atom is -0.381 e. The summed E-state index contributed by atoms with van der Waals surface area (Å²) < 4.78 is 33.2. The van der Waals surface area contributed by atoms with Gasteiger partial charge < -0.3 is 23.6 Å². The zero-order chi connectivity index (χ0) is 23.9. The van der Waals surface area contributed by atoms with E-state index >= 15 is 0 Å². The van der Waals surface area contributed by atoms with Crippen LogP contribution in [0.1, 0.15) is 117 Å². The maximum Gasteiger partial charge on any atom is 0.358 e. The van der Waals surface area contributed by atoms with Crippen molar-refractivity contribution in [2.24, 2.45) is 0 Å². The summed E-state index contributed by atoms with van der Waals surface area (Å²) in [5.74, 6) is -1.17. The topological polar surface area (TPSA) is 74.2 Å². The molecule has 0 aliphatic carbocycles. The summed E-state index contributed by atoms with van der Waals surface area (Å²) >= 11 is 0. The molecule has 0 aliphatic rings. The number of aliphatic hydroxyl groups is 1. The van der Waals surface area contributed by atoms with Crippen molar-refractivity contribution in [2.45, 2.75) is 129 Å². The SMILES string of the molecule is CCCCCCCCCCCCCCCCCCOC[C@H](COP(=O)(OC)C(C)O)OC. The Bertz CT molecular complexity index is 433. The highest BCUT2D eigenvalue weighted by Gasteiger charge is 2.30. The Balaban J connectivity index is 3.41. The van der Waals surface area contributed by atoms with Crippen LogP contribution in [0.25, 0.3) is 0 Å². The second-order valence-corrected chi connectivity index (χ2v) is 11.3. The lowest BCUT2D eigenvalue weighted by Crippen LogP contribution is -2.25. The van der Waals surface area contributed by atoms with Crippen molar-refractivity contribution in [1.82, 2.24) is 0 Å². The fourth-order valence-electron chi connectivity index (χ4n) is 3.65. The first-order chi connectivity index (χ1) is 15.5. The summed E-state index contributed by atoms with van der Waals surface area (Å²) in [4.78, 5) is 0. The number of methoxy groups -OCH3 is 1. The maximum absolute atomic E-state index is 12.2. The summed E-state index contributed by atoms with van der Waals surface area (Å²) in [6, 6.07) is 0. The normalized spacial score (nSPS) is 15.5. The molecular weight excluding hydrogens is 427 g/mol. The molecule has 0 aromatic carbocycles. The highest BCUT2D eigenvalue weighted by atomic mass is 31.2. The molecule has 0 aliphatic heterocycles. The third-order valence-electron chi connectivity index (χ3n) is 5.93. The molecule has 32 heavy (non-hydrogen) atoms. The molecule has 6 nitrogen and oxygen atoms in total. The van der Waals surface area contributed by atoms with Crippen LogP contribution in [-0.2, 0) is 23.1 Å². The van der Waals surface area contributed by atoms with Gasteiger partial charge in [0.25, 0.3) is 0 Å². The summed E-state index contributed by atoms with van der Waals surface area (Å²) in [7, 11) is -0.669. The summed E-state index contributed by atoms with van der Waals surface area (Å²) in [6.07, 6.45) is 21.3. The average molecular weight is 481 g/mol. The van der Waals surface area contributed by atoms with Crippen molar-refractivity contribution in [1.29, 1.82) is 0 Å². The first-order valence-corrected chi connectivity index (χ1v) is 14.7. The fourth-order valence-corrected chi connectivity index (χ4v) is 4.65. The quantitative estimate of drug-likeness (QED) is 0.108. The van der Waals surface area contributed by atoms with Crippen molar-refractivity contribution in [3.05, 3.63) is 0 Å². The smallest absolute Gasteiger partial charge is 0.358 e. The van der Waals surface area contributed by atoms with E-state index in [1.807, 2.05) is 0 Å². The summed E-state index contributed by atoms with van der Waals surface area (Å²) in [6.45, 7) is 4.79. The van der Waals surface area contributed by atoms with E-state index in [4.69, 9.17) is 18.5 Å². The molecule has 0 bridgehead atoms. The summed E-state index contributed by atoms with van der Waals surface area (Å²) in [5.41, 5.74) is 0. The molecule has 0 heterocycles. The molecule has 0 saturated heterocycles. The average Bonchev–Trinajstić information content (AvgIpc) is 2.79. The molecule has 0 spiro atoms. The molecule has 0 fully saturated rings. The van der Waals surface area contributed by atoms with Gasteiger partial charge in [0.2, 0.25) is 0 Å². The number of rotatable bonds is 25. The van der Waals surface area contributed by atoms with Crippen molar-refractivity contribution >= 4 is 7.60 Å². The van der Waals surface area contributed by atoms with Crippen LogP contribution >= 0.6 is 7.60 Å². The Morgan fingerprint density at radius 1 is 0.719 bits per heavy atom. The van der Waals surface area contributed by atoms with Crippen LogP contribution in [0, 0.1) is 0 Å². The number of unbranched alkanes of at least 4 members (excludes halogenated alkanes) is 15. The minimum atomic E-state index is -3.50. The molecule has 2 unspecified atom stereocenters. The van der Waals surface area contributed by atoms with Crippen molar-refractivity contribution in [3.63, 3.8) is 0 Å². The highest BCUT2D eigenvalue weighted by molar-refractivity contribution is 7.54. The molecule has 3 atom stereocenters. The first-order valence-electron chi connectivity index (χ1n) is 13.1. The van der Waals surface area contributed by atoms with E-state index in [1.165, 1.54) is 110 Å². The molecule has 0 saturated carbocycles. The Morgan fingerprint density at radius 3 is 1.53 bits per heavy atom. The van der Waals surface area contributed by atoms with Crippen LogP contribution in [-0.4, -0.2) is 51.1 Å². The fraction of sp³-hybridized carbons (Fsp3) is 1.00. The van der Waals surface area contributed by atoms with E-state index in [9.17, 15) is 9.67 Å². The second kappa shape index (κ2) is 22.8. The monoisotopic (exact) mass is 480 g/mol. The van der Waals surface area contributed by atoms with E-state index in [1.54, 1.807) is 7.11 Å². The standard InChI is InChI=1S/C25H53O6P/c1-5-6-7-8-9-10-11-12-13-14-15-16-17-18-19-20-21-30-22-25(28-3)23-31-32(27,29-4)24(2)26/h24-26H,5-23H2,1-4H3/t24?,25-,32?/m1/s1. The molecule has 0 aromatic rings. The largest absolute Gasteiger partial charge is 0.381 e. The van der Waals surface area contributed by atoms with Crippen molar-refractivity contribution < 1.29 is 28.2 Å². The lowest BCUT2D eigenvalue weighted by molar-refractivity contribution is -0.0193. The van der Waals surface area contributed by atoms with Gasteiger partial charge in [0, 0.05) is 20.8 Å². The van der Waals surface area contributed by atoms with E-state index in [-0.39, 0.29) is 12.7 Å². The van der Waals surface area contributed by atoms with Gasteiger partial charge in [-0.2, -0.15) is 0 Å². The molecule has 0 aromatic heterocycles. The maximum atomic E-state index is 12.2. The van der Waals surface area contributed by atoms with Gasteiger partial charge in [-0.05, 0) is 13.3 Å². The molecule has 194 valence electrons. The zero-order valence-corrected chi connectivity index (χ0v) is 22.4. The van der Waals surface area contributed by atoms with Crippen LogP contribution in [0.5, 0.6) is 0 Å². The molecule has 0 radical (unpaired) electrons. The van der Waals surface area contributed by atoms with E-state index < -0.39 is 13.4 Å². The molecule has 7 heteroatoms. The molecule has 1 N–H and O–H groups in total. The van der Waals surface area contributed by atoms with E-state index in [0.29, 0.717) is 13.2 Å². The van der Waals surface area contributed by atoms with Gasteiger partial charge in [-0.3, -0.25) is 4.57 Å². The number of aliphatic hydroxyl groups excluding tert-OH is 1. The Hall–Kier alpha value is 0.0300. The predicted molar refractivity (Wildman–Crippen MR) is 133 cm³/mol. The van der Waals surface area contributed by atoms with Gasteiger partial charge in [-0.1, -0.05) is 103 Å². The highest BCUT2D eigenvalue weighted by Crippen LogP contribution is 2.51. The lowest BCUT2D eigenvalue weighted by Gasteiger charge is -2.22. The van der Waals surface area contributed by atoms with Gasteiger partial charge in [0.1, 0.15) is 6.10 Å².